The SMILES string of the molecule is C.CC(C)=CCC/C(C)=C/C(=O)NC(CCC(N)=O)C(=O)O. The third kappa shape index (κ3) is 11.7. The highest BCUT2D eigenvalue weighted by molar-refractivity contribution is 5.91. The van der Waals surface area contributed by atoms with Gasteiger partial charge in [-0.2, -0.15) is 0 Å². The van der Waals surface area contributed by atoms with Gasteiger partial charge in [0.1, 0.15) is 6.04 Å². The minimum absolute atomic E-state index is 0. The van der Waals surface area contributed by atoms with Crippen molar-refractivity contribution in [1.29, 1.82) is 0 Å². The van der Waals surface area contributed by atoms with Gasteiger partial charge in [-0.05, 0) is 40.0 Å². The highest BCUT2D eigenvalue weighted by Crippen LogP contribution is 2.06. The van der Waals surface area contributed by atoms with E-state index in [1.807, 2.05) is 20.8 Å². The van der Waals surface area contributed by atoms with Crippen LogP contribution in [-0.4, -0.2) is 28.9 Å². The Morgan fingerprint density at radius 3 is 2.23 bits per heavy atom. The van der Waals surface area contributed by atoms with Gasteiger partial charge in [0, 0.05) is 12.5 Å². The zero-order valence-corrected chi connectivity index (χ0v) is 12.8. The molecule has 0 fully saturated rings. The molecule has 0 radical (unpaired) electrons. The fourth-order valence-corrected chi connectivity index (χ4v) is 1.64. The van der Waals surface area contributed by atoms with E-state index in [9.17, 15) is 14.4 Å². The molecule has 0 aliphatic carbocycles. The van der Waals surface area contributed by atoms with E-state index < -0.39 is 23.8 Å². The number of rotatable bonds is 9. The lowest BCUT2D eigenvalue weighted by Crippen LogP contribution is -2.40. The summed E-state index contributed by atoms with van der Waals surface area (Å²) in [4.78, 5) is 33.4. The molecule has 1 atom stereocenters. The number of hydrogen-bond acceptors (Lipinski definition) is 3. The quantitative estimate of drug-likeness (QED) is 0.447. The maximum absolute atomic E-state index is 11.7. The highest BCUT2D eigenvalue weighted by atomic mass is 16.4. The van der Waals surface area contributed by atoms with Crippen molar-refractivity contribution in [2.24, 2.45) is 5.73 Å². The molecule has 0 heterocycles. The first-order valence-electron chi connectivity index (χ1n) is 6.84. The van der Waals surface area contributed by atoms with Gasteiger partial charge >= 0.3 is 5.97 Å². The maximum atomic E-state index is 11.7. The minimum atomic E-state index is -1.18. The molecular formula is C16H28N2O4. The zero-order chi connectivity index (χ0) is 16.4. The van der Waals surface area contributed by atoms with Crippen LogP contribution in [0.4, 0.5) is 0 Å². The van der Waals surface area contributed by atoms with Crippen LogP contribution in [-0.2, 0) is 14.4 Å². The van der Waals surface area contributed by atoms with E-state index in [1.54, 1.807) is 0 Å². The standard InChI is InChI=1S/C15H24N2O4.CH4/c1-10(2)5-4-6-11(3)9-14(19)17-12(15(20)21)7-8-13(16)18;/h5,9,12H,4,6-8H2,1-3H3,(H2,16,18)(H,17,19)(H,20,21);1H4/b11-9+;. The second-order valence-corrected chi connectivity index (χ2v) is 5.22. The van der Waals surface area contributed by atoms with Crippen LogP contribution in [0.2, 0.25) is 0 Å². The van der Waals surface area contributed by atoms with Gasteiger partial charge < -0.3 is 16.2 Å². The molecule has 4 N–H and O–H groups in total. The van der Waals surface area contributed by atoms with Crippen LogP contribution in [0.5, 0.6) is 0 Å². The van der Waals surface area contributed by atoms with Gasteiger partial charge in [0.05, 0.1) is 0 Å². The van der Waals surface area contributed by atoms with Crippen LogP contribution >= 0.6 is 0 Å². The zero-order valence-electron chi connectivity index (χ0n) is 12.8. The molecule has 0 aromatic carbocycles. The Hall–Kier alpha value is -2.11. The number of amides is 2. The van der Waals surface area contributed by atoms with Crippen LogP contribution in [0.15, 0.2) is 23.3 Å². The number of carboxylic acid groups (broad SMARTS) is 1. The van der Waals surface area contributed by atoms with Crippen LogP contribution in [0.25, 0.3) is 0 Å². The number of hydrogen-bond donors (Lipinski definition) is 3. The molecule has 126 valence electrons. The first-order valence-corrected chi connectivity index (χ1v) is 6.84. The molecule has 0 spiro atoms. The summed E-state index contributed by atoms with van der Waals surface area (Å²) in [6, 6.07) is -1.10. The maximum Gasteiger partial charge on any atom is 0.326 e. The van der Waals surface area contributed by atoms with Crippen molar-refractivity contribution >= 4 is 17.8 Å². The van der Waals surface area contributed by atoms with Gasteiger partial charge in [-0.1, -0.05) is 24.6 Å². The van der Waals surface area contributed by atoms with E-state index in [0.29, 0.717) is 0 Å². The molecule has 0 aromatic rings. The monoisotopic (exact) mass is 312 g/mol. The smallest absolute Gasteiger partial charge is 0.326 e. The number of allylic oxidation sites excluding steroid dienone is 3. The van der Waals surface area contributed by atoms with E-state index in [0.717, 1.165) is 18.4 Å². The van der Waals surface area contributed by atoms with E-state index in [2.05, 4.69) is 11.4 Å². The number of nitrogens with two attached hydrogens (primary N) is 1. The van der Waals surface area contributed by atoms with Gasteiger partial charge in [-0.25, -0.2) is 4.79 Å². The molecule has 0 saturated heterocycles. The third-order valence-corrected chi connectivity index (χ3v) is 2.76. The third-order valence-electron chi connectivity index (χ3n) is 2.76. The summed E-state index contributed by atoms with van der Waals surface area (Å²) >= 11 is 0. The van der Waals surface area contributed by atoms with Crippen molar-refractivity contribution in [3.8, 4) is 0 Å². The Morgan fingerprint density at radius 2 is 1.77 bits per heavy atom. The summed E-state index contributed by atoms with van der Waals surface area (Å²) in [5.74, 6) is -2.24. The summed E-state index contributed by atoms with van der Waals surface area (Å²) in [5.41, 5.74) is 7.05. The lowest BCUT2D eigenvalue weighted by molar-refractivity contribution is -0.141. The highest BCUT2D eigenvalue weighted by Gasteiger charge is 2.19. The fraction of sp³-hybridized carbons (Fsp3) is 0.562. The van der Waals surface area contributed by atoms with Gasteiger partial charge in [0.25, 0.3) is 0 Å². The number of carbonyl (C=O) groups excluding carboxylic acids is 2. The van der Waals surface area contributed by atoms with Crippen LogP contribution < -0.4 is 11.1 Å². The van der Waals surface area contributed by atoms with Crippen molar-refractivity contribution in [2.45, 2.75) is 59.9 Å². The minimum Gasteiger partial charge on any atom is -0.480 e. The molecule has 1 unspecified atom stereocenters. The first kappa shape index (κ1) is 22.2. The van der Waals surface area contributed by atoms with E-state index in [4.69, 9.17) is 10.8 Å². The van der Waals surface area contributed by atoms with E-state index >= 15 is 0 Å². The second kappa shape index (κ2) is 11.5. The largest absolute Gasteiger partial charge is 0.480 e. The topological polar surface area (TPSA) is 109 Å². The van der Waals surface area contributed by atoms with Crippen LogP contribution in [0.1, 0.15) is 53.9 Å². The van der Waals surface area contributed by atoms with Crippen molar-refractivity contribution < 1.29 is 19.5 Å². The molecule has 6 nitrogen and oxygen atoms in total. The van der Waals surface area contributed by atoms with Gasteiger partial charge in [-0.15, -0.1) is 0 Å². The van der Waals surface area contributed by atoms with Crippen LogP contribution in [0, 0.1) is 0 Å². The summed E-state index contributed by atoms with van der Waals surface area (Å²) in [6.07, 6.45) is 4.93. The number of carboxylic acids is 1. The number of primary amides is 1. The lowest BCUT2D eigenvalue weighted by atomic mass is 10.1. The molecule has 0 aliphatic rings. The summed E-state index contributed by atoms with van der Waals surface area (Å²) in [5, 5.41) is 11.3. The Labute approximate surface area is 132 Å². The lowest BCUT2D eigenvalue weighted by Gasteiger charge is -2.12. The fourth-order valence-electron chi connectivity index (χ4n) is 1.64. The van der Waals surface area contributed by atoms with Gasteiger partial charge in [0.2, 0.25) is 11.8 Å². The normalized spacial score (nSPS) is 11.9. The Kier molecular flexibility index (Phi) is 11.6. The second-order valence-electron chi connectivity index (χ2n) is 5.22. The average molecular weight is 312 g/mol. The number of nitrogens with one attached hydrogen (secondary N) is 1. The Balaban J connectivity index is 0. The van der Waals surface area contributed by atoms with Crippen molar-refractivity contribution in [1.82, 2.24) is 5.32 Å². The predicted molar refractivity (Wildman–Crippen MR) is 87.1 cm³/mol. The molecular weight excluding hydrogens is 284 g/mol. The first-order chi connectivity index (χ1) is 9.72. The van der Waals surface area contributed by atoms with Crippen molar-refractivity contribution in [2.75, 3.05) is 0 Å². The molecule has 6 heteroatoms. The van der Waals surface area contributed by atoms with Gasteiger partial charge in [-0.3, -0.25) is 9.59 Å². The van der Waals surface area contributed by atoms with Crippen molar-refractivity contribution in [3.05, 3.63) is 23.3 Å². The summed E-state index contributed by atoms with van der Waals surface area (Å²) in [7, 11) is 0. The van der Waals surface area contributed by atoms with E-state index in [-0.39, 0.29) is 20.3 Å². The number of carbonyl (C=O) groups is 3. The average Bonchev–Trinajstić information content (AvgIpc) is 2.33. The molecule has 0 aliphatic heterocycles. The van der Waals surface area contributed by atoms with Gasteiger partial charge in [0.15, 0.2) is 0 Å². The summed E-state index contributed by atoms with van der Waals surface area (Å²) in [6.45, 7) is 5.82. The molecule has 0 rings (SSSR count). The Morgan fingerprint density at radius 1 is 1.18 bits per heavy atom. The van der Waals surface area contributed by atoms with Crippen LogP contribution in [0.3, 0.4) is 0 Å². The molecule has 0 aromatic heterocycles. The Bertz CT molecular complexity index is 449. The molecule has 0 saturated carbocycles. The summed E-state index contributed by atoms with van der Waals surface area (Å²) < 4.78 is 0. The van der Waals surface area contributed by atoms with E-state index in [1.165, 1.54) is 11.6 Å². The predicted octanol–water partition coefficient (Wildman–Crippen LogP) is 2.15. The molecule has 0 bridgehead atoms. The molecule has 2 amide bonds. The molecule has 22 heavy (non-hydrogen) atoms. The van der Waals surface area contributed by atoms with Crippen molar-refractivity contribution in [3.63, 3.8) is 0 Å². The number of aliphatic carboxylic acids is 1.